The molecule has 0 saturated heterocycles. The highest BCUT2D eigenvalue weighted by atomic mass is 16.5. The summed E-state index contributed by atoms with van der Waals surface area (Å²) in [6.45, 7) is 7.81. The first-order valence-corrected chi connectivity index (χ1v) is 13.1. The van der Waals surface area contributed by atoms with Crippen LogP contribution in [0.3, 0.4) is 0 Å². The van der Waals surface area contributed by atoms with E-state index in [0.29, 0.717) is 13.0 Å². The molecular formula is C26H52O4. The molecule has 0 aromatic carbocycles. The van der Waals surface area contributed by atoms with Crippen molar-refractivity contribution in [2.75, 3.05) is 13.2 Å². The average Bonchev–Trinajstić information content (AvgIpc) is 2.74. The number of carbonyl (C=O) groups is 1. The van der Waals surface area contributed by atoms with Gasteiger partial charge in [0.15, 0.2) is 0 Å². The molecule has 1 N–H and O–H groups in total. The van der Waals surface area contributed by atoms with Crippen LogP contribution in [0.15, 0.2) is 0 Å². The SMILES string of the molecule is CCCCCCCCCCC(OCCCC)C(O)CCCCCC(=O)OCCCC. The fourth-order valence-corrected chi connectivity index (χ4v) is 3.63. The molecule has 180 valence electrons. The van der Waals surface area contributed by atoms with Crippen LogP contribution in [0.2, 0.25) is 0 Å². The van der Waals surface area contributed by atoms with Gasteiger partial charge in [-0.2, -0.15) is 0 Å². The molecule has 2 unspecified atom stereocenters. The number of hydrogen-bond acceptors (Lipinski definition) is 4. The maximum atomic E-state index is 11.6. The average molecular weight is 429 g/mol. The molecule has 0 spiro atoms. The predicted octanol–water partition coefficient (Wildman–Crippen LogP) is 7.36. The highest BCUT2D eigenvalue weighted by Crippen LogP contribution is 2.18. The fraction of sp³-hybridized carbons (Fsp3) is 0.962. The highest BCUT2D eigenvalue weighted by Gasteiger charge is 2.19. The van der Waals surface area contributed by atoms with E-state index in [0.717, 1.165) is 70.8 Å². The molecule has 2 atom stereocenters. The van der Waals surface area contributed by atoms with E-state index < -0.39 is 0 Å². The Morgan fingerprint density at radius 3 is 1.87 bits per heavy atom. The quantitative estimate of drug-likeness (QED) is 0.136. The van der Waals surface area contributed by atoms with Crippen molar-refractivity contribution >= 4 is 5.97 Å². The third-order valence-electron chi connectivity index (χ3n) is 5.74. The molecule has 0 aliphatic carbocycles. The van der Waals surface area contributed by atoms with E-state index in [1.165, 1.54) is 44.9 Å². The third kappa shape index (κ3) is 19.4. The molecule has 0 rings (SSSR count). The lowest BCUT2D eigenvalue weighted by Gasteiger charge is -2.23. The lowest BCUT2D eigenvalue weighted by Crippen LogP contribution is -2.29. The summed E-state index contributed by atoms with van der Waals surface area (Å²) in [6.07, 6.45) is 19.1. The minimum absolute atomic E-state index is 0.0318. The molecule has 0 aliphatic rings. The lowest BCUT2D eigenvalue weighted by molar-refractivity contribution is -0.143. The molecule has 30 heavy (non-hydrogen) atoms. The van der Waals surface area contributed by atoms with E-state index in [1.807, 2.05) is 0 Å². The number of unbranched alkanes of at least 4 members (excludes halogenated alkanes) is 11. The van der Waals surface area contributed by atoms with E-state index >= 15 is 0 Å². The lowest BCUT2D eigenvalue weighted by atomic mass is 9.99. The van der Waals surface area contributed by atoms with Crippen molar-refractivity contribution in [2.24, 2.45) is 0 Å². The molecule has 4 nitrogen and oxygen atoms in total. The van der Waals surface area contributed by atoms with Crippen molar-refractivity contribution in [2.45, 2.75) is 149 Å². The maximum Gasteiger partial charge on any atom is 0.305 e. The van der Waals surface area contributed by atoms with Gasteiger partial charge in [0.1, 0.15) is 0 Å². The van der Waals surface area contributed by atoms with Crippen LogP contribution in [0.1, 0.15) is 136 Å². The Bertz CT molecular complexity index is 359. The van der Waals surface area contributed by atoms with Gasteiger partial charge in [-0.3, -0.25) is 4.79 Å². The summed E-state index contributed by atoms with van der Waals surface area (Å²) in [4.78, 5) is 11.6. The van der Waals surface area contributed by atoms with Gasteiger partial charge in [0, 0.05) is 13.0 Å². The standard InChI is InChI=1S/C26H52O4/c1-4-7-10-11-12-13-14-17-20-25(29-22-8-5-2)24(27)19-16-15-18-21-26(28)30-23-9-6-3/h24-25,27H,4-23H2,1-3H3. The van der Waals surface area contributed by atoms with E-state index in [9.17, 15) is 9.90 Å². The zero-order valence-corrected chi connectivity index (χ0v) is 20.5. The van der Waals surface area contributed by atoms with Gasteiger partial charge in [-0.05, 0) is 32.1 Å². The Morgan fingerprint density at radius 2 is 1.20 bits per heavy atom. The van der Waals surface area contributed by atoms with Gasteiger partial charge in [-0.25, -0.2) is 0 Å². The Labute approximate surface area is 187 Å². The van der Waals surface area contributed by atoms with Crippen LogP contribution in [0.25, 0.3) is 0 Å². The molecule has 0 heterocycles. The van der Waals surface area contributed by atoms with E-state index in [-0.39, 0.29) is 18.2 Å². The molecule has 0 aliphatic heterocycles. The van der Waals surface area contributed by atoms with Crippen LogP contribution in [-0.4, -0.2) is 36.5 Å². The van der Waals surface area contributed by atoms with E-state index in [1.54, 1.807) is 0 Å². The summed E-state index contributed by atoms with van der Waals surface area (Å²) in [5.74, 6) is -0.0838. The number of esters is 1. The number of aliphatic hydroxyl groups is 1. The zero-order valence-electron chi connectivity index (χ0n) is 20.5. The Hall–Kier alpha value is -0.610. The second-order valence-electron chi connectivity index (χ2n) is 8.77. The smallest absolute Gasteiger partial charge is 0.305 e. The first-order chi connectivity index (χ1) is 14.7. The van der Waals surface area contributed by atoms with Gasteiger partial charge < -0.3 is 14.6 Å². The summed E-state index contributed by atoms with van der Waals surface area (Å²) in [6, 6.07) is 0. The van der Waals surface area contributed by atoms with Crippen LogP contribution in [0, 0.1) is 0 Å². The van der Waals surface area contributed by atoms with Crippen LogP contribution >= 0.6 is 0 Å². The van der Waals surface area contributed by atoms with Gasteiger partial charge >= 0.3 is 5.97 Å². The summed E-state index contributed by atoms with van der Waals surface area (Å²) >= 11 is 0. The van der Waals surface area contributed by atoms with Crippen molar-refractivity contribution in [1.29, 1.82) is 0 Å². The number of rotatable bonds is 23. The summed E-state index contributed by atoms with van der Waals surface area (Å²) < 4.78 is 11.2. The topological polar surface area (TPSA) is 55.8 Å². The van der Waals surface area contributed by atoms with E-state index in [4.69, 9.17) is 9.47 Å². The largest absolute Gasteiger partial charge is 0.466 e. The first kappa shape index (κ1) is 29.4. The molecule has 0 fully saturated rings. The van der Waals surface area contributed by atoms with Gasteiger partial charge in [0.05, 0.1) is 18.8 Å². The predicted molar refractivity (Wildman–Crippen MR) is 127 cm³/mol. The minimum atomic E-state index is -0.386. The maximum absolute atomic E-state index is 11.6. The van der Waals surface area contributed by atoms with Crippen molar-refractivity contribution in [3.8, 4) is 0 Å². The van der Waals surface area contributed by atoms with Crippen LogP contribution < -0.4 is 0 Å². The monoisotopic (exact) mass is 428 g/mol. The molecule has 0 amide bonds. The third-order valence-corrected chi connectivity index (χ3v) is 5.74. The van der Waals surface area contributed by atoms with Gasteiger partial charge in [0.25, 0.3) is 0 Å². The second kappa shape index (κ2) is 23.1. The molecular weight excluding hydrogens is 376 g/mol. The molecule has 0 radical (unpaired) electrons. The van der Waals surface area contributed by atoms with Crippen molar-refractivity contribution < 1.29 is 19.4 Å². The number of ether oxygens (including phenoxy) is 2. The van der Waals surface area contributed by atoms with Crippen molar-refractivity contribution in [1.82, 2.24) is 0 Å². The normalized spacial score (nSPS) is 13.3. The minimum Gasteiger partial charge on any atom is -0.466 e. The van der Waals surface area contributed by atoms with Gasteiger partial charge in [0.2, 0.25) is 0 Å². The zero-order chi connectivity index (χ0) is 22.3. The number of hydrogen-bond donors (Lipinski definition) is 1. The Morgan fingerprint density at radius 1 is 0.667 bits per heavy atom. The van der Waals surface area contributed by atoms with Gasteiger partial charge in [-0.1, -0.05) is 97.8 Å². The molecule has 0 aromatic rings. The van der Waals surface area contributed by atoms with Crippen LogP contribution in [-0.2, 0) is 14.3 Å². The Balaban J connectivity index is 3.94. The highest BCUT2D eigenvalue weighted by molar-refractivity contribution is 5.69. The van der Waals surface area contributed by atoms with Gasteiger partial charge in [-0.15, -0.1) is 0 Å². The first-order valence-electron chi connectivity index (χ1n) is 13.1. The number of aliphatic hydroxyl groups excluding tert-OH is 1. The summed E-state index contributed by atoms with van der Waals surface area (Å²) in [5.41, 5.74) is 0. The summed E-state index contributed by atoms with van der Waals surface area (Å²) in [5, 5.41) is 10.6. The number of carbonyl (C=O) groups excluding carboxylic acids is 1. The van der Waals surface area contributed by atoms with E-state index in [2.05, 4.69) is 20.8 Å². The molecule has 4 heteroatoms. The second-order valence-corrected chi connectivity index (χ2v) is 8.77. The van der Waals surface area contributed by atoms with Crippen molar-refractivity contribution in [3.05, 3.63) is 0 Å². The van der Waals surface area contributed by atoms with Crippen LogP contribution in [0.4, 0.5) is 0 Å². The molecule has 0 bridgehead atoms. The summed E-state index contributed by atoms with van der Waals surface area (Å²) in [7, 11) is 0. The van der Waals surface area contributed by atoms with Crippen molar-refractivity contribution in [3.63, 3.8) is 0 Å². The fourth-order valence-electron chi connectivity index (χ4n) is 3.63. The van der Waals surface area contributed by atoms with Crippen LogP contribution in [0.5, 0.6) is 0 Å². The Kier molecular flexibility index (Phi) is 22.6. The molecule has 0 saturated carbocycles. The molecule has 0 aromatic heterocycles.